The Morgan fingerprint density at radius 2 is 2.33 bits per heavy atom. The van der Waals surface area contributed by atoms with Gasteiger partial charge in [0.15, 0.2) is 0 Å². The van der Waals surface area contributed by atoms with Crippen LogP contribution in [0.4, 0.5) is 0 Å². The van der Waals surface area contributed by atoms with Crippen molar-refractivity contribution >= 4 is 11.3 Å². The van der Waals surface area contributed by atoms with Crippen molar-refractivity contribution in [2.24, 2.45) is 0 Å². The largest absolute Gasteiger partial charge is 0.388 e. The Labute approximate surface area is 110 Å². The van der Waals surface area contributed by atoms with E-state index in [0.717, 1.165) is 47.1 Å². The van der Waals surface area contributed by atoms with Crippen LogP contribution in [0.5, 0.6) is 0 Å². The molecular weight excluding hydrogens is 246 g/mol. The molecule has 0 aliphatic heterocycles. The van der Waals surface area contributed by atoms with Crippen LogP contribution in [0.1, 0.15) is 47.8 Å². The van der Waals surface area contributed by atoms with Crippen molar-refractivity contribution in [2.75, 3.05) is 0 Å². The summed E-state index contributed by atoms with van der Waals surface area (Å²) in [5, 5.41) is 20.5. The number of hydrogen-bond acceptors (Lipinski definition) is 4. The van der Waals surface area contributed by atoms with Crippen LogP contribution in [0, 0.1) is 6.92 Å². The van der Waals surface area contributed by atoms with Crippen LogP contribution in [-0.4, -0.2) is 19.9 Å². The number of hydrogen-bond donors (Lipinski definition) is 1. The van der Waals surface area contributed by atoms with E-state index in [9.17, 15) is 5.11 Å². The maximum Gasteiger partial charge on any atom is 0.216 e. The monoisotopic (exact) mass is 263 g/mol. The average Bonchev–Trinajstić information content (AvgIpc) is 2.93. The molecule has 0 aromatic carbocycles. The van der Waals surface area contributed by atoms with E-state index in [-0.39, 0.29) is 6.10 Å². The molecule has 1 aliphatic carbocycles. The van der Waals surface area contributed by atoms with Gasteiger partial charge in [-0.05, 0) is 38.7 Å². The van der Waals surface area contributed by atoms with Crippen LogP contribution in [-0.2, 0) is 12.8 Å². The highest BCUT2D eigenvalue weighted by molar-refractivity contribution is 7.13. The molecule has 2 heterocycles. The van der Waals surface area contributed by atoms with Gasteiger partial charge in [-0.15, -0.1) is 10.2 Å². The number of aromatic nitrogens is 3. The predicted octanol–water partition coefficient (Wildman–Crippen LogP) is 2.57. The third-order valence-electron chi connectivity index (χ3n) is 3.52. The van der Waals surface area contributed by atoms with Gasteiger partial charge in [0, 0.05) is 17.0 Å². The van der Waals surface area contributed by atoms with E-state index < -0.39 is 0 Å². The van der Waals surface area contributed by atoms with Crippen molar-refractivity contribution in [3.8, 4) is 5.13 Å². The molecule has 2 aromatic rings. The van der Waals surface area contributed by atoms with Gasteiger partial charge in [0.1, 0.15) is 5.01 Å². The first-order valence-electron chi connectivity index (χ1n) is 6.42. The van der Waals surface area contributed by atoms with Crippen LogP contribution in [0.2, 0.25) is 0 Å². The SMILES string of the molecule is CCc1nnc(-n2c(C)cc3c2CCCC3O)s1. The van der Waals surface area contributed by atoms with Crippen molar-refractivity contribution in [2.45, 2.75) is 45.6 Å². The fourth-order valence-electron chi connectivity index (χ4n) is 2.62. The lowest BCUT2D eigenvalue weighted by atomic mass is 9.95. The molecule has 1 unspecified atom stereocenters. The molecule has 0 radical (unpaired) electrons. The maximum absolute atomic E-state index is 10.1. The van der Waals surface area contributed by atoms with Gasteiger partial charge in [0.25, 0.3) is 0 Å². The van der Waals surface area contributed by atoms with E-state index in [1.807, 2.05) is 0 Å². The molecule has 1 aliphatic rings. The maximum atomic E-state index is 10.1. The van der Waals surface area contributed by atoms with E-state index >= 15 is 0 Å². The lowest BCUT2D eigenvalue weighted by Crippen LogP contribution is -2.11. The second kappa shape index (κ2) is 4.48. The molecule has 96 valence electrons. The molecule has 0 amide bonds. The van der Waals surface area contributed by atoms with Gasteiger partial charge in [-0.1, -0.05) is 18.3 Å². The first-order valence-corrected chi connectivity index (χ1v) is 7.24. The first-order chi connectivity index (χ1) is 8.70. The summed E-state index contributed by atoms with van der Waals surface area (Å²) in [6, 6.07) is 2.09. The van der Waals surface area contributed by atoms with Crippen molar-refractivity contribution in [1.82, 2.24) is 14.8 Å². The third-order valence-corrected chi connectivity index (χ3v) is 4.57. The number of fused-ring (bicyclic) bond motifs is 1. The number of aliphatic hydroxyl groups is 1. The normalized spacial score (nSPS) is 18.9. The van der Waals surface area contributed by atoms with E-state index in [2.05, 4.69) is 34.7 Å². The van der Waals surface area contributed by atoms with Gasteiger partial charge in [0.2, 0.25) is 5.13 Å². The molecule has 5 heteroatoms. The van der Waals surface area contributed by atoms with E-state index in [1.54, 1.807) is 11.3 Å². The fourth-order valence-corrected chi connectivity index (χ4v) is 3.49. The fraction of sp³-hybridized carbons (Fsp3) is 0.538. The number of aliphatic hydroxyl groups excluding tert-OH is 1. The summed E-state index contributed by atoms with van der Waals surface area (Å²) in [4.78, 5) is 0. The lowest BCUT2D eigenvalue weighted by molar-refractivity contribution is 0.156. The Morgan fingerprint density at radius 1 is 1.50 bits per heavy atom. The Hall–Kier alpha value is -1.20. The average molecular weight is 263 g/mol. The van der Waals surface area contributed by atoms with Gasteiger partial charge in [0.05, 0.1) is 6.10 Å². The van der Waals surface area contributed by atoms with Gasteiger partial charge in [-0.25, -0.2) is 0 Å². The first kappa shape index (κ1) is 11.9. The van der Waals surface area contributed by atoms with Crippen LogP contribution >= 0.6 is 11.3 Å². The molecule has 0 saturated heterocycles. The highest BCUT2D eigenvalue weighted by Crippen LogP contribution is 2.34. The summed E-state index contributed by atoms with van der Waals surface area (Å²) in [6.45, 7) is 4.16. The smallest absolute Gasteiger partial charge is 0.216 e. The summed E-state index contributed by atoms with van der Waals surface area (Å²) < 4.78 is 2.16. The second-order valence-corrected chi connectivity index (χ2v) is 5.80. The molecule has 1 N–H and O–H groups in total. The van der Waals surface area contributed by atoms with Crippen LogP contribution in [0.3, 0.4) is 0 Å². The second-order valence-electron chi connectivity index (χ2n) is 4.76. The zero-order valence-corrected chi connectivity index (χ0v) is 11.5. The molecule has 18 heavy (non-hydrogen) atoms. The van der Waals surface area contributed by atoms with E-state index in [1.165, 1.54) is 5.69 Å². The van der Waals surface area contributed by atoms with Crippen molar-refractivity contribution in [3.63, 3.8) is 0 Å². The van der Waals surface area contributed by atoms with Crippen LogP contribution in [0.15, 0.2) is 6.07 Å². The Balaban J connectivity index is 2.11. The van der Waals surface area contributed by atoms with Crippen LogP contribution in [0.25, 0.3) is 5.13 Å². The molecule has 0 saturated carbocycles. The summed E-state index contributed by atoms with van der Waals surface area (Å²) in [5.74, 6) is 0. The Bertz CT molecular complexity index is 573. The van der Waals surface area contributed by atoms with Gasteiger partial charge >= 0.3 is 0 Å². The number of aryl methyl sites for hydroxylation is 2. The molecule has 0 bridgehead atoms. The number of nitrogens with zero attached hydrogens (tertiary/aromatic N) is 3. The van der Waals surface area contributed by atoms with Gasteiger partial charge < -0.3 is 5.11 Å². The molecule has 2 aromatic heterocycles. The molecule has 3 rings (SSSR count). The van der Waals surface area contributed by atoms with E-state index in [4.69, 9.17) is 0 Å². The Kier molecular flexibility index (Phi) is 2.95. The number of rotatable bonds is 2. The van der Waals surface area contributed by atoms with Gasteiger partial charge in [-0.3, -0.25) is 4.57 Å². The zero-order chi connectivity index (χ0) is 12.7. The van der Waals surface area contributed by atoms with Gasteiger partial charge in [-0.2, -0.15) is 0 Å². The summed E-state index contributed by atoms with van der Waals surface area (Å²) in [5.41, 5.74) is 3.43. The summed E-state index contributed by atoms with van der Waals surface area (Å²) in [6.07, 6.45) is 3.53. The zero-order valence-electron chi connectivity index (χ0n) is 10.7. The molecule has 0 spiro atoms. The predicted molar refractivity (Wildman–Crippen MR) is 71.2 cm³/mol. The lowest BCUT2D eigenvalue weighted by Gasteiger charge is -2.19. The molecular formula is C13H17N3OS. The van der Waals surface area contributed by atoms with Crippen molar-refractivity contribution in [1.29, 1.82) is 0 Å². The Morgan fingerprint density at radius 3 is 3.06 bits per heavy atom. The van der Waals surface area contributed by atoms with E-state index in [0.29, 0.717) is 0 Å². The van der Waals surface area contributed by atoms with Crippen LogP contribution < -0.4 is 0 Å². The quantitative estimate of drug-likeness (QED) is 0.906. The summed E-state index contributed by atoms with van der Waals surface area (Å²) >= 11 is 1.64. The molecule has 0 fully saturated rings. The topological polar surface area (TPSA) is 50.9 Å². The highest BCUT2D eigenvalue weighted by Gasteiger charge is 2.24. The third kappa shape index (κ3) is 1.78. The van der Waals surface area contributed by atoms with Crippen molar-refractivity contribution in [3.05, 3.63) is 28.0 Å². The minimum absolute atomic E-state index is 0.313. The molecule has 1 atom stereocenters. The standard InChI is InChI=1S/C13H17N3OS/c1-3-12-14-15-13(18-12)16-8(2)7-9-10(16)5-4-6-11(9)17/h7,11,17H,3-6H2,1-2H3. The highest BCUT2D eigenvalue weighted by atomic mass is 32.1. The summed E-state index contributed by atoms with van der Waals surface area (Å²) in [7, 11) is 0. The molecule has 4 nitrogen and oxygen atoms in total. The minimum atomic E-state index is -0.313. The van der Waals surface area contributed by atoms with Crippen molar-refractivity contribution < 1.29 is 5.11 Å². The minimum Gasteiger partial charge on any atom is -0.388 e.